The number of piperidine rings is 1. The number of rotatable bonds is 3. The van der Waals surface area contributed by atoms with Crippen LogP contribution in [0.5, 0.6) is 0 Å². The van der Waals surface area contributed by atoms with Crippen molar-refractivity contribution >= 4 is 17.3 Å². The molecule has 18 heavy (non-hydrogen) atoms. The number of hydrogen-bond donors (Lipinski definition) is 0. The van der Waals surface area contributed by atoms with Crippen LogP contribution >= 0.6 is 11.8 Å². The number of nitrogens with zero attached hydrogens (tertiary/aromatic N) is 2. The van der Waals surface area contributed by atoms with Crippen LogP contribution in [0, 0.1) is 5.92 Å². The molecule has 0 bridgehead atoms. The van der Waals surface area contributed by atoms with Crippen molar-refractivity contribution < 1.29 is 0 Å². The molecule has 0 radical (unpaired) electrons. The molecule has 0 aromatic carbocycles. The summed E-state index contributed by atoms with van der Waals surface area (Å²) in [6.07, 6.45) is 8.82. The maximum atomic E-state index is 4.40. The summed E-state index contributed by atoms with van der Waals surface area (Å²) in [7, 11) is 2.22. The van der Waals surface area contributed by atoms with E-state index in [0.717, 1.165) is 11.7 Å². The predicted molar refractivity (Wildman–Crippen MR) is 82.1 cm³/mol. The third kappa shape index (κ3) is 3.36. The molecule has 2 nitrogen and oxygen atoms in total. The monoisotopic (exact) mass is 262 g/mol. The van der Waals surface area contributed by atoms with Crippen molar-refractivity contribution in [3.63, 3.8) is 0 Å². The molecule has 0 saturated carbocycles. The Labute approximate surface area is 115 Å². The van der Waals surface area contributed by atoms with Gasteiger partial charge in [-0.2, -0.15) is 0 Å². The summed E-state index contributed by atoms with van der Waals surface area (Å²) in [6.45, 7) is 7.36. The molecule has 2 rings (SSSR count). The van der Waals surface area contributed by atoms with Gasteiger partial charge in [0.1, 0.15) is 0 Å². The predicted octanol–water partition coefficient (Wildman–Crippen LogP) is 3.49. The molecule has 1 unspecified atom stereocenters. The molecule has 2 aliphatic rings. The lowest BCUT2D eigenvalue weighted by molar-refractivity contribution is 0.170. The van der Waals surface area contributed by atoms with Crippen molar-refractivity contribution in [3.05, 3.63) is 36.1 Å². The average Bonchev–Trinajstić information content (AvgIpc) is 2.81. The summed E-state index contributed by atoms with van der Waals surface area (Å²) in [6, 6.07) is 0.521. The molecule has 2 atom stereocenters. The SMILES string of the molecule is C=C/C=C(\C=C1/CSC=N1)[C@H]1CCC(C)CN1C. The first-order chi connectivity index (χ1) is 8.70. The standard InChI is InChI=1S/C15H22N2S/c1-4-5-13(8-14-10-18-11-16-14)15-7-6-12(2)9-17(15)3/h4-5,8,11-12,15H,1,6-7,9-10H2,2-3H3/b13-5+,14-8+/t12?,15-/m1/s1. The first kappa shape index (κ1) is 13.6. The number of allylic oxidation sites excluding steroid dienone is 2. The number of thioether (sulfide) groups is 1. The van der Waals surface area contributed by atoms with Gasteiger partial charge in [-0.15, -0.1) is 11.8 Å². The van der Waals surface area contributed by atoms with Crippen LogP contribution in [0.25, 0.3) is 0 Å². The van der Waals surface area contributed by atoms with Crippen LogP contribution < -0.4 is 0 Å². The molecular weight excluding hydrogens is 240 g/mol. The fourth-order valence-electron chi connectivity index (χ4n) is 2.72. The van der Waals surface area contributed by atoms with Crippen molar-refractivity contribution in [3.8, 4) is 0 Å². The van der Waals surface area contributed by atoms with Crippen molar-refractivity contribution in [1.82, 2.24) is 4.90 Å². The van der Waals surface area contributed by atoms with Gasteiger partial charge in [-0.05, 0) is 37.5 Å². The van der Waals surface area contributed by atoms with Crippen molar-refractivity contribution in [1.29, 1.82) is 0 Å². The summed E-state index contributed by atoms with van der Waals surface area (Å²) in [5.41, 5.74) is 4.47. The largest absolute Gasteiger partial charge is 0.299 e. The Morgan fingerprint density at radius 3 is 3.00 bits per heavy atom. The third-order valence-electron chi connectivity index (χ3n) is 3.62. The zero-order chi connectivity index (χ0) is 13.0. The highest BCUT2D eigenvalue weighted by molar-refractivity contribution is 8.12. The Hall–Kier alpha value is -0.800. The van der Waals surface area contributed by atoms with Gasteiger partial charge in [0.15, 0.2) is 0 Å². The van der Waals surface area contributed by atoms with Gasteiger partial charge in [0.2, 0.25) is 0 Å². The molecule has 0 N–H and O–H groups in total. The van der Waals surface area contributed by atoms with Gasteiger partial charge in [0.05, 0.1) is 11.2 Å². The molecule has 2 heterocycles. The molecule has 0 spiro atoms. The second-order valence-electron chi connectivity index (χ2n) is 5.22. The van der Waals surface area contributed by atoms with Crippen LogP contribution in [0.2, 0.25) is 0 Å². The fourth-order valence-corrected chi connectivity index (χ4v) is 3.33. The molecule has 1 saturated heterocycles. The van der Waals surface area contributed by atoms with E-state index in [9.17, 15) is 0 Å². The fraction of sp³-hybridized carbons (Fsp3) is 0.533. The summed E-state index contributed by atoms with van der Waals surface area (Å²) in [5.74, 6) is 1.81. The molecule has 0 aromatic heterocycles. The minimum atomic E-state index is 0.521. The lowest BCUT2D eigenvalue weighted by Crippen LogP contribution is -2.40. The van der Waals surface area contributed by atoms with Gasteiger partial charge in [-0.25, -0.2) is 0 Å². The molecule has 1 fully saturated rings. The van der Waals surface area contributed by atoms with E-state index in [1.165, 1.54) is 30.7 Å². The Morgan fingerprint density at radius 2 is 2.39 bits per heavy atom. The van der Waals surface area contributed by atoms with E-state index in [0.29, 0.717) is 6.04 Å². The maximum absolute atomic E-state index is 4.40. The molecule has 2 aliphatic heterocycles. The van der Waals surface area contributed by atoms with E-state index in [1.807, 2.05) is 11.6 Å². The normalized spacial score (nSPS) is 32.1. The summed E-state index contributed by atoms with van der Waals surface area (Å²) < 4.78 is 0. The van der Waals surface area contributed by atoms with E-state index in [4.69, 9.17) is 0 Å². The second kappa shape index (κ2) is 6.39. The van der Waals surface area contributed by atoms with Gasteiger partial charge in [0.25, 0.3) is 0 Å². The summed E-state index contributed by atoms with van der Waals surface area (Å²) >= 11 is 1.76. The van der Waals surface area contributed by atoms with Crippen molar-refractivity contribution in [2.75, 3.05) is 19.3 Å². The Balaban J connectivity index is 2.15. The minimum absolute atomic E-state index is 0.521. The highest BCUT2D eigenvalue weighted by atomic mass is 32.2. The van der Waals surface area contributed by atoms with Crippen LogP contribution in [-0.4, -0.2) is 35.8 Å². The van der Waals surface area contributed by atoms with Gasteiger partial charge >= 0.3 is 0 Å². The van der Waals surface area contributed by atoms with Crippen LogP contribution in [0.15, 0.2) is 41.1 Å². The van der Waals surface area contributed by atoms with E-state index in [-0.39, 0.29) is 0 Å². The molecule has 0 aliphatic carbocycles. The number of likely N-dealkylation sites (tertiary alicyclic amines) is 1. The van der Waals surface area contributed by atoms with Gasteiger partial charge in [-0.1, -0.05) is 25.7 Å². The van der Waals surface area contributed by atoms with Gasteiger partial charge < -0.3 is 0 Å². The Bertz CT molecular complexity index is 395. The first-order valence-electron chi connectivity index (χ1n) is 6.58. The smallest absolute Gasteiger partial charge is 0.0604 e. The molecule has 0 aromatic rings. The molecule has 98 valence electrons. The van der Waals surface area contributed by atoms with Crippen molar-refractivity contribution in [2.24, 2.45) is 10.9 Å². The minimum Gasteiger partial charge on any atom is -0.299 e. The number of aliphatic imine (C=N–C) groups is 1. The number of hydrogen-bond acceptors (Lipinski definition) is 3. The second-order valence-corrected chi connectivity index (χ2v) is 6.05. The van der Waals surface area contributed by atoms with E-state index in [1.54, 1.807) is 11.8 Å². The topological polar surface area (TPSA) is 15.6 Å². The lowest BCUT2D eigenvalue weighted by Gasteiger charge is -2.36. The van der Waals surface area contributed by atoms with Crippen LogP contribution in [0.1, 0.15) is 19.8 Å². The summed E-state index contributed by atoms with van der Waals surface area (Å²) in [4.78, 5) is 6.86. The lowest BCUT2D eigenvalue weighted by atomic mass is 9.89. The van der Waals surface area contributed by atoms with Gasteiger partial charge in [-0.3, -0.25) is 9.89 Å². The zero-order valence-corrected chi connectivity index (χ0v) is 12.1. The van der Waals surface area contributed by atoms with E-state index < -0.39 is 0 Å². The van der Waals surface area contributed by atoms with Gasteiger partial charge in [0, 0.05) is 18.3 Å². The maximum Gasteiger partial charge on any atom is 0.0604 e. The molecule has 0 amide bonds. The Kier molecular flexibility index (Phi) is 4.84. The zero-order valence-electron chi connectivity index (χ0n) is 11.3. The highest BCUT2D eigenvalue weighted by Crippen LogP contribution is 2.27. The molecular formula is C15H22N2S. The van der Waals surface area contributed by atoms with E-state index >= 15 is 0 Å². The van der Waals surface area contributed by atoms with Crippen LogP contribution in [0.3, 0.4) is 0 Å². The average molecular weight is 262 g/mol. The van der Waals surface area contributed by atoms with Crippen LogP contribution in [0.4, 0.5) is 0 Å². The van der Waals surface area contributed by atoms with Crippen LogP contribution in [-0.2, 0) is 0 Å². The number of likely N-dealkylation sites (N-methyl/N-ethyl adjacent to an activating group) is 1. The molecule has 3 heteroatoms. The van der Waals surface area contributed by atoms with E-state index in [2.05, 4.69) is 42.6 Å². The third-order valence-corrected chi connectivity index (χ3v) is 4.33. The highest BCUT2D eigenvalue weighted by Gasteiger charge is 2.25. The van der Waals surface area contributed by atoms with Crippen molar-refractivity contribution in [2.45, 2.75) is 25.8 Å². The summed E-state index contributed by atoms with van der Waals surface area (Å²) in [5, 5.41) is 0. The Morgan fingerprint density at radius 1 is 1.56 bits per heavy atom. The first-order valence-corrected chi connectivity index (χ1v) is 7.63. The quantitative estimate of drug-likeness (QED) is 0.724.